The van der Waals surface area contributed by atoms with E-state index in [2.05, 4.69) is 118 Å². The average Bonchev–Trinajstić information content (AvgIpc) is 3.38. The van der Waals surface area contributed by atoms with Crippen LogP contribution in [0.25, 0.3) is 60.6 Å². The largest absolute Gasteiger partial charge is 0.456 e. The molecule has 0 N–H and O–H groups in total. The zero-order valence-electron chi connectivity index (χ0n) is 17.6. The first-order valence-corrected chi connectivity index (χ1v) is 11.8. The minimum absolute atomic E-state index is 0.905. The maximum absolute atomic E-state index is 6.20. The number of furan rings is 1. The Morgan fingerprint density at radius 3 is 2.15 bits per heavy atom. The smallest absolute Gasteiger partial charge is 0.137 e. The highest BCUT2D eigenvalue weighted by atomic mass is 79.9. The normalized spacial score (nSPS) is 11.8. The van der Waals surface area contributed by atoms with Gasteiger partial charge in [0.15, 0.2) is 0 Å². The molecule has 156 valence electrons. The van der Waals surface area contributed by atoms with E-state index in [-0.39, 0.29) is 0 Å². The van der Waals surface area contributed by atoms with Gasteiger partial charge in [0.1, 0.15) is 11.2 Å². The molecular formula is C30H18BrNO. The van der Waals surface area contributed by atoms with Gasteiger partial charge in [-0.25, -0.2) is 0 Å². The van der Waals surface area contributed by atoms with Crippen LogP contribution in [0.1, 0.15) is 0 Å². The molecule has 0 unspecified atom stereocenters. The standard InChI is InChI=1S/C30H18BrNO/c31-21-7-5-6-19(16-21)20-12-14-24-23-8-1-3-10-27(23)32(28(24)17-20)22-13-15-26-25-9-2-4-11-29(25)33-30(26)18-22/h1-18H. The molecule has 0 aliphatic heterocycles. The van der Waals surface area contributed by atoms with Gasteiger partial charge in [0, 0.05) is 37.8 Å². The molecule has 0 spiro atoms. The van der Waals surface area contributed by atoms with Crippen molar-refractivity contribution >= 4 is 59.7 Å². The number of hydrogen-bond acceptors (Lipinski definition) is 1. The van der Waals surface area contributed by atoms with Gasteiger partial charge in [0.2, 0.25) is 0 Å². The third kappa shape index (κ3) is 2.86. The summed E-state index contributed by atoms with van der Waals surface area (Å²) in [6.45, 7) is 0. The van der Waals surface area contributed by atoms with Crippen LogP contribution in [0.5, 0.6) is 0 Å². The summed E-state index contributed by atoms with van der Waals surface area (Å²) in [6, 6.07) is 38.5. The summed E-state index contributed by atoms with van der Waals surface area (Å²) in [4.78, 5) is 0. The molecule has 0 radical (unpaired) electrons. The maximum Gasteiger partial charge on any atom is 0.137 e. The summed E-state index contributed by atoms with van der Waals surface area (Å²) >= 11 is 3.61. The second-order valence-corrected chi connectivity index (χ2v) is 9.29. The van der Waals surface area contributed by atoms with Crippen LogP contribution in [-0.4, -0.2) is 4.57 Å². The Kier molecular flexibility index (Phi) is 4.02. The third-order valence-corrected chi connectivity index (χ3v) is 6.95. The van der Waals surface area contributed by atoms with E-state index in [1.807, 2.05) is 12.1 Å². The molecule has 0 aliphatic carbocycles. The van der Waals surface area contributed by atoms with E-state index in [1.54, 1.807) is 0 Å². The van der Waals surface area contributed by atoms with Crippen molar-refractivity contribution in [2.24, 2.45) is 0 Å². The Morgan fingerprint density at radius 2 is 1.24 bits per heavy atom. The molecular weight excluding hydrogens is 470 g/mol. The highest BCUT2D eigenvalue weighted by molar-refractivity contribution is 9.10. The molecule has 0 saturated carbocycles. The van der Waals surface area contributed by atoms with Gasteiger partial charge in [-0.15, -0.1) is 0 Å². The van der Waals surface area contributed by atoms with E-state index in [1.165, 1.54) is 32.9 Å². The molecule has 0 atom stereocenters. The molecule has 2 heterocycles. The monoisotopic (exact) mass is 487 g/mol. The first-order valence-electron chi connectivity index (χ1n) is 11.0. The Hall–Kier alpha value is -3.82. The minimum atomic E-state index is 0.905. The van der Waals surface area contributed by atoms with E-state index < -0.39 is 0 Å². The van der Waals surface area contributed by atoms with Crippen LogP contribution in [0.3, 0.4) is 0 Å². The van der Waals surface area contributed by atoms with E-state index >= 15 is 0 Å². The highest BCUT2D eigenvalue weighted by Crippen LogP contribution is 2.37. The number of hydrogen-bond donors (Lipinski definition) is 0. The van der Waals surface area contributed by atoms with Gasteiger partial charge in [-0.2, -0.15) is 0 Å². The number of nitrogens with zero attached hydrogens (tertiary/aromatic N) is 1. The minimum Gasteiger partial charge on any atom is -0.456 e. The summed E-state index contributed by atoms with van der Waals surface area (Å²) < 4.78 is 9.63. The first-order chi connectivity index (χ1) is 16.3. The van der Waals surface area contributed by atoms with Crippen LogP contribution in [0, 0.1) is 0 Å². The van der Waals surface area contributed by atoms with Gasteiger partial charge in [0.25, 0.3) is 0 Å². The zero-order valence-corrected chi connectivity index (χ0v) is 19.2. The SMILES string of the molecule is Brc1cccc(-c2ccc3c4ccccc4n(-c4ccc5c(c4)oc4ccccc45)c3c2)c1. The highest BCUT2D eigenvalue weighted by Gasteiger charge is 2.15. The van der Waals surface area contributed by atoms with E-state index in [4.69, 9.17) is 4.42 Å². The fourth-order valence-corrected chi connectivity index (χ4v) is 5.35. The number of rotatable bonds is 2. The van der Waals surface area contributed by atoms with Crippen LogP contribution < -0.4 is 0 Å². The fourth-order valence-electron chi connectivity index (χ4n) is 4.95. The topological polar surface area (TPSA) is 18.1 Å². The van der Waals surface area contributed by atoms with Crippen LogP contribution >= 0.6 is 15.9 Å². The number of halogens is 1. The molecule has 2 nitrogen and oxygen atoms in total. The van der Waals surface area contributed by atoms with Crippen molar-refractivity contribution < 1.29 is 4.42 Å². The fraction of sp³-hybridized carbons (Fsp3) is 0. The van der Waals surface area contributed by atoms with Crippen molar-refractivity contribution in [1.29, 1.82) is 0 Å². The quantitative estimate of drug-likeness (QED) is 0.237. The van der Waals surface area contributed by atoms with E-state index in [9.17, 15) is 0 Å². The lowest BCUT2D eigenvalue weighted by Gasteiger charge is -2.09. The third-order valence-electron chi connectivity index (χ3n) is 6.45. The summed E-state index contributed by atoms with van der Waals surface area (Å²) in [5, 5.41) is 4.79. The van der Waals surface area contributed by atoms with Crippen LogP contribution in [0.15, 0.2) is 118 Å². The predicted octanol–water partition coefficient (Wildman–Crippen LogP) is 9.11. The molecule has 2 aromatic heterocycles. The van der Waals surface area contributed by atoms with Gasteiger partial charge < -0.3 is 8.98 Å². The molecule has 33 heavy (non-hydrogen) atoms. The molecule has 7 rings (SSSR count). The number of aromatic nitrogens is 1. The average molecular weight is 488 g/mol. The first kappa shape index (κ1) is 18.7. The second-order valence-electron chi connectivity index (χ2n) is 8.37. The van der Waals surface area contributed by atoms with Crippen LogP contribution in [0.4, 0.5) is 0 Å². The summed E-state index contributed by atoms with van der Waals surface area (Å²) in [5.41, 5.74) is 7.68. The van der Waals surface area contributed by atoms with Gasteiger partial charge in [0.05, 0.1) is 11.0 Å². The van der Waals surface area contributed by atoms with Gasteiger partial charge in [-0.3, -0.25) is 0 Å². The Bertz CT molecular complexity index is 1840. The lowest BCUT2D eigenvalue weighted by molar-refractivity contribution is 0.668. The van der Waals surface area contributed by atoms with Crippen molar-refractivity contribution in [3.63, 3.8) is 0 Å². The van der Waals surface area contributed by atoms with Crippen LogP contribution in [0.2, 0.25) is 0 Å². The molecule has 0 bridgehead atoms. The molecule has 0 saturated heterocycles. The number of para-hydroxylation sites is 2. The zero-order chi connectivity index (χ0) is 21.9. The van der Waals surface area contributed by atoms with E-state index in [0.717, 1.165) is 32.1 Å². The predicted molar refractivity (Wildman–Crippen MR) is 141 cm³/mol. The van der Waals surface area contributed by atoms with E-state index in [0.29, 0.717) is 0 Å². The van der Waals surface area contributed by atoms with Gasteiger partial charge in [-0.05, 0) is 53.6 Å². The molecule has 7 aromatic rings. The summed E-state index contributed by atoms with van der Waals surface area (Å²) in [6.07, 6.45) is 0. The number of fused-ring (bicyclic) bond motifs is 6. The molecule has 5 aromatic carbocycles. The van der Waals surface area contributed by atoms with Crippen molar-refractivity contribution in [3.8, 4) is 16.8 Å². The molecule has 0 amide bonds. The Labute approximate surface area is 198 Å². The lowest BCUT2D eigenvalue weighted by atomic mass is 10.0. The molecule has 0 aliphatic rings. The molecule has 0 fully saturated rings. The van der Waals surface area contributed by atoms with Crippen molar-refractivity contribution in [3.05, 3.63) is 114 Å². The second kappa shape index (κ2) is 7.09. The number of benzene rings is 5. The molecule has 3 heteroatoms. The Morgan fingerprint density at radius 1 is 0.515 bits per heavy atom. The summed E-state index contributed by atoms with van der Waals surface area (Å²) in [5.74, 6) is 0. The van der Waals surface area contributed by atoms with Gasteiger partial charge in [-0.1, -0.05) is 76.6 Å². The van der Waals surface area contributed by atoms with Crippen molar-refractivity contribution in [2.75, 3.05) is 0 Å². The Balaban J connectivity index is 1.53. The van der Waals surface area contributed by atoms with Crippen molar-refractivity contribution in [2.45, 2.75) is 0 Å². The van der Waals surface area contributed by atoms with Crippen LogP contribution in [-0.2, 0) is 0 Å². The summed E-state index contributed by atoms with van der Waals surface area (Å²) in [7, 11) is 0. The van der Waals surface area contributed by atoms with Gasteiger partial charge >= 0.3 is 0 Å². The van der Waals surface area contributed by atoms with Crippen molar-refractivity contribution in [1.82, 2.24) is 4.57 Å². The maximum atomic E-state index is 6.20. The lowest BCUT2D eigenvalue weighted by Crippen LogP contribution is -1.93.